The predicted molar refractivity (Wildman–Crippen MR) is 328 cm³/mol. The van der Waals surface area contributed by atoms with Crippen LogP contribution in [0.3, 0.4) is 0 Å². The molecule has 2 aliphatic heterocycles. The van der Waals surface area contributed by atoms with E-state index in [-0.39, 0.29) is 6.71 Å². The molecule has 0 unspecified atom stereocenters. The van der Waals surface area contributed by atoms with E-state index in [0.29, 0.717) is 0 Å². The fraction of sp³-hybridized carbons (Fsp3) is 0. The van der Waals surface area contributed by atoms with Gasteiger partial charge in [-0.15, -0.1) is 0 Å². The first-order valence-electron chi connectivity index (χ1n) is 26.7. The van der Waals surface area contributed by atoms with Gasteiger partial charge in [0.1, 0.15) is 0 Å². The van der Waals surface area contributed by atoms with Crippen molar-refractivity contribution >= 4 is 78.8 Å². The van der Waals surface area contributed by atoms with Crippen LogP contribution in [0, 0.1) is 0 Å². The zero-order valence-corrected chi connectivity index (χ0v) is 42.3. The normalized spacial score (nSPS) is 12.3. The maximum atomic E-state index is 2.60. The molecule has 0 N–H and O–H groups in total. The van der Waals surface area contributed by atoms with Crippen molar-refractivity contribution < 1.29 is 0 Å². The highest BCUT2D eigenvalue weighted by Crippen LogP contribution is 2.49. The third kappa shape index (κ3) is 7.83. The van der Waals surface area contributed by atoms with Crippen molar-refractivity contribution in [3.8, 4) is 66.8 Å². The van der Waals surface area contributed by atoms with Crippen molar-refractivity contribution in [2.24, 2.45) is 0 Å². The number of rotatable bonds is 8. The van der Waals surface area contributed by atoms with E-state index in [1.807, 2.05) is 0 Å². The molecule has 0 saturated carbocycles. The van der Waals surface area contributed by atoms with Crippen molar-refractivity contribution in [2.45, 2.75) is 0 Å². The quantitative estimate of drug-likeness (QED) is 0.140. The van der Waals surface area contributed by atoms with E-state index in [9.17, 15) is 0 Å². The lowest BCUT2D eigenvalue weighted by atomic mass is 9.33. The van der Waals surface area contributed by atoms with Gasteiger partial charge < -0.3 is 9.80 Å². The van der Waals surface area contributed by atoms with Crippen LogP contribution < -0.4 is 26.2 Å². The molecule has 2 aliphatic rings. The lowest BCUT2D eigenvalue weighted by Crippen LogP contribution is -2.61. The number of hydrogen-bond donors (Lipinski definition) is 0. The number of anilines is 6. The molecule has 0 saturated heterocycles. The molecule has 77 heavy (non-hydrogen) atoms. The summed E-state index contributed by atoms with van der Waals surface area (Å²) < 4.78 is 0. The Morgan fingerprint density at radius 2 is 0.468 bits per heavy atom. The maximum absolute atomic E-state index is 2.60. The van der Waals surface area contributed by atoms with Gasteiger partial charge in [0.05, 0.1) is 0 Å². The van der Waals surface area contributed by atoms with Gasteiger partial charge in [0.2, 0.25) is 0 Å². The Balaban J connectivity index is 1.09. The Labute approximate surface area is 450 Å². The van der Waals surface area contributed by atoms with Crippen molar-refractivity contribution in [2.75, 3.05) is 9.80 Å². The van der Waals surface area contributed by atoms with Gasteiger partial charge >= 0.3 is 0 Å². The standard InChI is InChI=1S/C74H49BN2/c1-6-21-50(22-7-1)55-35-20-36-56(37-55)65-48-72-74-73(49-65)77(67-42-63(53-27-12-4-13-28-53)39-64(43-67)54-29-14-5-15-30-54)71-47-60-34-19-17-32-58(60)45-69(71)75(74)68-44-57-31-16-18-33-59(57)46-70(68)76(72)66-40-61(51-23-8-2-9-24-51)38-62(41-66)52-25-10-3-11-26-52/h1-49H. The number of benzene rings is 13. The highest BCUT2D eigenvalue weighted by Gasteiger charge is 2.44. The van der Waals surface area contributed by atoms with E-state index in [1.165, 1.54) is 82.7 Å². The molecule has 0 bridgehead atoms. The summed E-state index contributed by atoms with van der Waals surface area (Å²) in [7, 11) is 0. The van der Waals surface area contributed by atoms with E-state index in [1.54, 1.807) is 0 Å². The molecule has 0 aromatic heterocycles. The summed E-state index contributed by atoms with van der Waals surface area (Å²) in [5, 5.41) is 4.86. The molecule has 0 atom stereocenters. The smallest absolute Gasteiger partial charge is 0.252 e. The molecule has 358 valence electrons. The highest BCUT2D eigenvalue weighted by molar-refractivity contribution is 7.00. The van der Waals surface area contributed by atoms with E-state index >= 15 is 0 Å². The maximum Gasteiger partial charge on any atom is 0.252 e. The number of nitrogens with zero attached hydrogens (tertiary/aromatic N) is 2. The summed E-state index contributed by atoms with van der Waals surface area (Å²) in [6, 6.07) is 110. The minimum absolute atomic E-state index is 0.104. The minimum Gasteiger partial charge on any atom is -0.311 e. The Morgan fingerprint density at radius 3 is 0.831 bits per heavy atom. The second-order valence-electron chi connectivity index (χ2n) is 20.5. The minimum atomic E-state index is -0.104. The summed E-state index contributed by atoms with van der Waals surface area (Å²) in [6.45, 7) is -0.104. The van der Waals surface area contributed by atoms with Crippen LogP contribution in [0.1, 0.15) is 0 Å². The van der Waals surface area contributed by atoms with Crippen molar-refractivity contribution in [1.82, 2.24) is 0 Å². The first kappa shape index (κ1) is 44.5. The van der Waals surface area contributed by atoms with Gasteiger partial charge in [-0.05, 0) is 171 Å². The number of hydrogen-bond acceptors (Lipinski definition) is 2. The molecule has 0 amide bonds. The van der Waals surface area contributed by atoms with Gasteiger partial charge in [-0.2, -0.15) is 0 Å². The summed E-state index contributed by atoms with van der Waals surface area (Å²) in [6.07, 6.45) is 0. The average molecular weight is 977 g/mol. The first-order valence-corrected chi connectivity index (χ1v) is 26.7. The molecule has 13 aromatic carbocycles. The molecular weight excluding hydrogens is 928 g/mol. The lowest BCUT2D eigenvalue weighted by molar-refractivity contribution is 1.26. The lowest BCUT2D eigenvalue weighted by Gasteiger charge is -2.45. The summed E-state index contributed by atoms with van der Waals surface area (Å²) >= 11 is 0. The highest BCUT2D eigenvalue weighted by atomic mass is 15.2. The van der Waals surface area contributed by atoms with Crippen LogP contribution in [-0.2, 0) is 0 Å². The molecule has 2 nitrogen and oxygen atoms in total. The Kier molecular flexibility index (Phi) is 10.7. The van der Waals surface area contributed by atoms with Crippen molar-refractivity contribution in [1.29, 1.82) is 0 Å². The number of fused-ring (bicyclic) bond motifs is 6. The summed E-state index contributed by atoms with van der Waals surface area (Å²) in [5.41, 5.74) is 24.7. The third-order valence-electron chi connectivity index (χ3n) is 15.9. The Bertz CT molecular complexity index is 4030. The van der Waals surface area contributed by atoms with Crippen molar-refractivity contribution in [3.63, 3.8) is 0 Å². The molecule has 3 heteroatoms. The SMILES string of the molecule is c1ccc(-c2cccc(-c3cc4c5c(c3)N(c3cc(-c6ccccc6)cc(-c6ccccc6)c3)c3cc6ccccc6cc3B5c3cc5ccccc5cc3N4c3cc(-c4ccccc4)cc(-c4ccccc4)c3)c2)cc1. The molecule has 13 aromatic rings. The molecule has 0 fully saturated rings. The van der Waals surface area contributed by atoms with Gasteiger partial charge in [0, 0.05) is 34.1 Å². The van der Waals surface area contributed by atoms with Crippen LogP contribution in [0.5, 0.6) is 0 Å². The van der Waals surface area contributed by atoms with Crippen LogP contribution >= 0.6 is 0 Å². The van der Waals surface area contributed by atoms with Crippen LogP contribution in [0.2, 0.25) is 0 Å². The second kappa shape index (κ2) is 18.5. The molecular formula is C74H49BN2. The van der Waals surface area contributed by atoms with Gasteiger partial charge in [0.15, 0.2) is 0 Å². The average Bonchev–Trinajstić information content (AvgIpc) is 3.62. The van der Waals surface area contributed by atoms with Crippen LogP contribution in [0.25, 0.3) is 88.3 Å². The predicted octanol–water partition coefficient (Wildman–Crippen LogP) is 18.1. The van der Waals surface area contributed by atoms with Gasteiger partial charge in [-0.1, -0.05) is 231 Å². The fourth-order valence-corrected chi connectivity index (χ4v) is 12.3. The monoisotopic (exact) mass is 976 g/mol. The van der Waals surface area contributed by atoms with E-state index in [0.717, 1.165) is 56.1 Å². The third-order valence-corrected chi connectivity index (χ3v) is 15.9. The van der Waals surface area contributed by atoms with Gasteiger partial charge in [-0.3, -0.25) is 0 Å². The topological polar surface area (TPSA) is 6.48 Å². The molecule has 0 radical (unpaired) electrons. The van der Waals surface area contributed by atoms with Gasteiger partial charge in [-0.25, -0.2) is 0 Å². The Hall–Kier alpha value is -9.96. The molecule has 15 rings (SSSR count). The first-order chi connectivity index (χ1) is 38.1. The van der Waals surface area contributed by atoms with E-state index < -0.39 is 0 Å². The molecule has 0 aliphatic carbocycles. The summed E-state index contributed by atoms with van der Waals surface area (Å²) in [4.78, 5) is 5.20. The zero-order chi connectivity index (χ0) is 50.8. The van der Waals surface area contributed by atoms with Gasteiger partial charge in [0.25, 0.3) is 6.71 Å². The van der Waals surface area contributed by atoms with Crippen LogP contribution in [0.15, 0.2) is 297 Å². The van der Waals surface area contributed by atoms with E-state index in [2.05, 4.69) is 307 Å². The van der Waals surface area contributed by atoms with E-state index in [4.69, 9.17) is 0 Å². The molecule has 2 heterocycles. The second-order valence-corrected chi connectivity index (χ2v) is 20.5. The van der Waals surface area contributed by atoms with Crippen LogP contribution in [-0.4, -0.2) is 6.71 Å². The zero-order valence-electron chi connectivity index (χ0n) is 42.3. The van der Waals surface area contributed by atoms with Crippen molar-refractivity contribution in [3.05, 3.63) is 297 Å². The Morgan fingerprint density at radius 1 is 0.195 bits per heavy atom. The van der Waals surface area contributed by atoms with Crippen LogP contribution in [0.4, 0.5) is 34.1 Å². The fourth-order valence-electron chi connectivity index (χ4n) is 12.3. The largest absolute Gasteiger partial charge is 0.311 e. The molecule has 0 spiro atoms. The summed E-state index contributed by atoms with van der Waals surface area (Å²) in [5.74, 6) is 0.